The Kier molecular flexibility index (Phi) is 5.81. The van der Waals surface area contributed by atoms with Gasteiger partial charge in [-0.15, -0.1) is 11.3 Å². The lowest BCUT2D eigenvalue weighted by atomic mass is 10.2. The third kappa shape index (κ3) is 3.97. The Morgan fingerprint density at radius 3 is 2.29 bits per heavy atom. The third-order valence-corrected chi connectivity index (χ3v) is 5.67. The Morgan fingerprint density at radius 2 is 1.90 bits per heavy atom. The molecule has 1 rings (SSSR count). The second-order valence-corrected chi connectivity index (χ2v) is 8.41. The highest BCUT2D eigenvalue weighted by molar-refractivity contribution is 7.91. The van der Waals surface area contributed by atoms with Gasteiger partial charge in [0.2, 0.25) is 0 Å². The number of nitrogens with zero attached hydrogens (tertiary/aromatic N) is 1. The van der Waals surface area contributed by atoms with Crippen molar-refractivity contribution < 1.29 is 13.2 Å². The zero-order valence-corrected chi connectivity index (χ0v) is 14.9. The smallest absolute Gasteiger partial charge is 0.180 e. The summed E-state index contributed by atoms with van der Waals surface area (Å²) in [5, 5.41) is 0.586. The maximum atomic E-state index is 12.1. The summed E-state index contributed by atoms with van der Waals surface area (Å²) in [5.41, 5.74) is 6.08. The van der Waals surface area contributed by atoms with Gasteiger partial charge >= 0.3 is 0 Å². The van der Waals surface area contributed by atoms with E-state index in [9.17, 15) is 13.2 Å². The molecule has 0 unspecified atom stereocenters. The molecule has 0 spiro atoms. The molecule has 1 aromatic rings. The molecule has 0 saturated carbocycles. The molecule has 5 nitrogen and oxygen atoms in total. The van der Waals surface area contributed by atoms with Crippen LogP contribution in [0.3, 0.4) is 0 Å². The third-order valence-electron chi connectivity index (χ3n) is 3.08. The van der Waals surface area contributed by atoms with Gasteiger partial charge in [-0.25, -0.2) is 8.42 Å². The lowest BCUT2D eigenvalue weighted by molar-refractivity contribution is 0.0992. The number of Topliss-reactive ketones (excluding diaryl/α,β-unsaturated/α-hetero) is 1. The summed E-state index contributed by atoms with van der Waals surface area (Å²) in [6.07, 6.45) is 1.45. The first-order chi connectivity index (χ1) is 9.63. The van der Waals surface area contributed by atoms with Crippen LogP contribution in [0.5, 0.6) is 0 Å². The number of thiophene rings is 1. The number of sulfone groups is 1. The van der Waals surface area contributed by atoms with Gasteiger partial charge in [0.1, 0.15) is 9.90 Å². The fourth-order valence-corrected chi connectivity index (χ4v) is 4.94. The molecule has 0 amide bonds. The van der Waals surface area contributed by atoms with Crippen molar-refractivity contribution in [3.8, 4) is 0 Å². The van der Waals surface area contributed by atoms with Gasteiger partial charge in [-0.2, -0.15) is 0 Å². The van der Waals surface area contributed by atoms with Gasteiger partial charge in [-0.3, -0.25) is 4.79 Å². The van der Waals surface area contributed by atoms with Crippen LogP contribution in [0, 0.1) is 5.92 Å². The van der Waals surface area contributed by atoms with Crippen LogP contribution in [0.25, 0.3) is 0 Å². The second kappa shape index (κ2) is 6.79. The molecule has 21 heavy (non-hydrogen) atoms. The maximum absolute atomic E-state index is 12.1. The minimum absolute atomic E-state index is 0.103. The standard InChI is InChI=1S/C14H24N2O3S2/c1-6-10(17)12-11(15)13(21(5,18)19)14(20-12)16(7-2)8-9(3)4/h9H,6-8,15H2,1-5H3. The van der Waals surface area contributed by atoms with Crippen LogP contribution in [-0.4, -0.2) is 33.5 Å². The number of nitrogens with two attached hydrogens (primary N) is 1. The number of nitrogen functional groups attached to an aromatic ring is 1. The van der Waals surface area contributed by atoms with E-state index in [1.54, 1.807) is 6.92 Å². The van der Waals surface area contributed by atoms with Crippen LogP contribution < -0.4 is 10.6 Å². The Morgan fingerprint density at radius 1 is 1.33 bits per heavy atom. The van der Waals surface area contributed by atoms with E-state index in [0.717, 1.165) is 12.8 Å². The van der Waals surface area contributed by atoms with E-state index in [1.807, 2.05) is 11.8 Å². The molecule has 120 valence electrons. The van der Waals surface area contributed by atoms with Crippen molar-refractivity contribution in [3.63, 3.8) is 0 Å². The minimum Gasteiger partial charge on any atom is -0.396 e. The Bertz CT molecular complexity index is 618. The highest BCUT2D eigenvalue weighted by Crippen LogP contribution is 2.42. The molecule has 2 N–H and O–H groups in total. The second-order valence-electron chi connectivity index (χ2n) is 5.46. The first kappa shape index (κ1) is 18.0. The quantitative estimate of drug-likeness (QED) is 0.777. The van der Waals surface area contributed by atoms with E-state index in [4.69, 9.17) is 5.73 Å². The molecule has 1 aromatic heterocycles. The SMILES string of the molecule is CCC(=O)c1sc(N(CC)CC(C)C)c(S(C)(=O)=O)c1N. The molecular weight excluding hydrogens is 308 g/mol. The van der Waals surface area contributed by atoms with Crippen molar-refractivity contribution in [1.82, 2.24) is 0 Å². The fourth-order valence-electron chi connectivity index (χ4n) is 2.15. The Hall–Kier alpha value is -1.08. The first-order valence-electron chi connectivity index (χ1n) is 7.03. The van der Waals surface area contributed by atoms with E-state index in [2.05, 4.69) is 13.8 Å². The summed E-state index contributed by atoms with van der Waals surface area (Å²) in [6.45, 7) is 9.23. The molecule has 0 radical (unpaired) electrons. The lowest BCUT2D eigenvalue weighted by Gasteiger charge is -2.24. The van der Waals surface area contributed by atoms with Gasteiger partial charge in [0.25, 0.3) is 0 Å². The summed E-state index contributed by atoms with van der Waals surface area (Å²) in [6, 6.07) is 0. The average molecular weight is 332 g/mol. The lowest BCUT2D eigenvalue weighted by Crippen LogP contribution is -2.27. The Balaban J connectivity index is 3.52. The molecule has 0 fully saturated rings. The highest BCUT2D eigenvalue weighted by atomic mass is 32.2. The summed E-state index contributed by atoms with van der Waals surface area (Å²) in [4.78, 5) is 14.4. The van der Waals surface area contributed by atoms with Crippen LogP contribution in [0.4, 0.5) is 10.7 Å². The van der Waals surface area contributed by atoms with Gasteiger partial charge in [0, 0.05) is 25.8 Å². The van der Waals surface area contributed by atoms with Crippen molar-refractivity contribution in [2.75, 3.05) is 30.0 Å². The number of hydrogen-bond donors (Lipinski definition) is 1. The van der Waals surface area contributed by atoms with E-state index >= 15 is 0 Å². The topological polar surface area (TPSA) is 80.5 Å². The minimum atomic E-state index is -3.48. The number of anilines is 2. The van der Waals surface area contributed by atoms with E-state index in [0.29, 0.717) is 28.8 Å². The van der Waals surface area contributed by atoms with Crippen molar-refractivity contribution in [1.29, 1.82) is 0 Å². The fraction of sp³-hybridized carbons (Fsp3) is 0.643. The van der Waals surface area contributed by atoms with E-state index in [1.165, 1.54) is 11.3 Å². The molecule has 0 aliphatic rings. The number of carbonyl (C=O) groups excluding carboxylic acids is 1. The van der Waals surface area contributed by atoms with Crippen LogP contribution in [0.2, 0.25) is 0 Å². The number of ketones is 1. The molecule has 1 heterocycles. The predicted molar refractivity (Wildman–Crippen MR) is 89.2 cm³/mol. The maximum Gasteiger partial charge on any atom is 0.180 e. The molecular formula is C14H24N2O3S2. The monoisotopic (exact) mass is 332 g/mol. The van der Waals surface area contributed by atoms with E-state index in [-0.39, 0.29) is 16.4 Å². The van der Waals surface area contributed by atoms with Crippen molar-refractivity contribution in [3.05, 3.63) is 4.88 Å². The van der Waals surface area contributed by atoms with Crippen molar-refractivity contribution in [2.45, 2.75) is 39.0 Å². The Labute approximate surface area is 131 Å². The van der Waals surface area contributed by atoms with Crippen LogP contribution >= 0.6 is 11.3 Å². The summed E-state index contributed by atoms with van der Waals surface area (Å²) in [5.74, 6) is 0.264. The normalized spacial score (nSPS) is 11.9. The summed E-state index contributed by atoms with van der Waals surface area (Å²) in [7, 11) is -3.48. The van der Waals surface area contributed by atoms with E-state index < -0.39 is 9.84 Å². The van der Waals surface area contributed by atoms with Gasteiger partial charge < -0.3 is 10.6 Å². The molecule has 0 bridgehead atoms. The van der Waals surface area contributed by atoms with Gasteiger partial charge in [0.05, 0.1) is 10.6 Å². The molecule has 0 aromatic carbocycles. The molecule has 0 aliphatic heterocycles. The van der Waals surface area contributed by atoms with Gasteiger partial charge in [-0.05, 0) is 12.8 Å². The number of rotatable bonds is 7. The summed E-state index contributed by atoms with van der Waals surface area (Å²) < 4.78 is 24.2. The van der Waals surface area contributed by atoms with Crippen LogP contribution in [0.15, 0.2) is 4.90 Å². The highest BCUT2D eigenvalue weighted by Gasteiger charge is 2.29. The van der Waals surface area contributed by atoms with Crippen LogP contribution in [-0.2, 0) is 9.84 Å². The predicted octanol–water partition coefficient (Wildman–Crippen LogP) is 2.81. The van der Waals surface area contributed by atoms with Gasteiger partial charge in [-0.1, -0.05) is 20.8 Å². The number of carbonyl (C=O) groups is 1. The average Bonchev–Trinajstić information content (AvgIpc) is 2.72. The number of hydrogen-bond acceptors (Lipinski definition) is 6. The van der Waals surface area contributed by atoms with Gasteiger partial charge in [0.15, 0.2) is 15.6 Å². The largest absolute Gasteiger partial charge is 0.396 e. The molecule has 0 atom stereocenters. The van der Waals surface area contributed by atoms with Crippen LogP contribution in [0.1, 0.15) is 43.8 Å². The zero-order valence-electron chi connectivity index (χ0n) is 13.3. The molecule has 7 heteroatoms. The van der Waals surface area contributed by atoms with Crippen molar-refractivity contribution >= 4 is 37.6 Å². The van der Waals surface area contributed by atoms with Crippen molar-refractivity contribution in [2.24, 2.45) is 5.92 Å². The summed E-state index contributed by atoms with van der Waals surface area (Å²) >= 11 is 1.19. The zero-order chi connectivity index (χ0) is 16.4. The first-order valence-corrected chi connectivity index (χ1v) is 9.74. The molecule has 0 aliphatic carbocycles. The molecule has 0 saturated heterocycles.